The molecule has 1 aliphatic carbocycles. The van der Waals surface area contributed by atoms with Gasteiger partial charge in [0.2, 0.25) is 10.0 Å². The molecule has 1 saturated carbocycles. The van der Waals surface area contributed by atoms with Gasteiger partial charge >= 0.3 is 0 Å². The van der Waals surface area contributed by atoms with Crippen LogP contribution in [-0.4, -0.2) is 44.5 Å². The summed E-state index contributed by atoms with van der Waals surface area (Å²) < 4.78 is 26.8. The van der Waals surface area contributed by atoms with Crippen LogP contribution in [-0.2, 0) is 10.0 Å². The van der Waals surface area contributed by atoms with E-state index in [1.807, 2.05) is 7.05 Å². The molecule has 7 nitrogen and oxygen atoms in total. The molecule has 0 bridgehead atoms. The zero-order chi connectivity index (χ0) is 15.3. The number of anilines is 1. The largest absolute Gasteiger partial charge is 0.308 e. The number of likely N-dealkylation sites (N-methyl/N-ethyl adjacent to an activating group) is 1. The molecule has 4 N–H and O–H groups in total. The summed E-state index contributed by atoms with van der Waals surface area (Å²) in [4.78, 5) is 6.28. The molecule has 8 heteroatoms. The third-order valence-electron chi connectivity index (χ3n) is 3.90. The van der Waals surface area contributed by atoms with Gasteiger partial charge in [0.15, 0.2) is 0 Å². The monoisotopic (exact) mass is 313 g/mol. The second-order valence-electron chi connectivity index (χ2n) is 5.34. The topological polar surface area (TPSA) is 100 Å². The Morgan fingerprint density at radius 1 is 1.38 bits per heavy atom. The molecule has 0 atom stereocenters. The predicted molar refractivity (Wildman–Crippen MR) is 82.1 cm³/mol. The van der Waals surface area contributed by atoms with Crippen LogP contribution in [0.4, 0.5) is 5.82 Å². The molecule has 0 aliphatic heterocycles. The Labute approximate surface area is 125 Å². The Balaban J connectivity index is 1.85. The average molecular weight is 313 g/mol. The Morgan fingerprint density at radius 2 is 2.10 bits per heavy atom. The summed E-state index contributed by atoms with van der Waals surface area (Å²) in [5.41, 5.74) is 2.36. The molecule has 118 valence electrons. The van der Waals surface area contributed by atoms with E-state index in [2.05, 4.69) is 20.0 Å². The molecular weight excluding hydrogens is 290 g/mol. The van der Waals surface area contributed by atoms with Gasteiger partial charge in [-0.25, -0.2) is 24.0 Å². The predicted octanol–water partition coefficient (Wildman–Crippen LogP) is 0.520. The van der Waals surface area contributed by atoms with E-state index in [1.54, 1.807) is 0 Å². The number of nitrogen functional groups attached to an aromatic ring is 1. The Kier molecular flexibility index (Phi) is 5.51. The van der Waals surface area contributed by atoms with Crippen LogP contribution >= 0.6 is 0 Å². The lowest BCUT2D eigenvalue weighted by molar-refractivity contribution is 0.250. The van der Waals surface area contributed by atoms with Crippen molar-refractivity contribution in [3.05, 3.63) is 18.3 Å². The minimum Gasteiger partial charge on any atom is -0.308 e. The van der Waals surface area contributed by atoms with Crippen molar-refractivity contribution in [2.75, 3.05) is 25.6 Å². The Bertz CT molecular complexity index is 540. The number of aromatic nitrogens is 1. The molecule has 0 unspecified atom stereocenters. The summed E-state index contributed by atoms with van der Waals surface area (Å²) in [6.07, 6.45) is 6.25. The summed E-state index contributed by atoms with van der Waals surface area (Å²) in [6, 6.07) is 3.59. The molecule has 0 saturated heterocycles. The van der Waals surface area contributed by atoms with Crippen LogP contribution in [0.25, 0.3) is 0 Å². The third kappa shape index (κ3) is 4.37. The molecule has 0 amide bonds. The highest BCUT2D eigenvalue weighted by Crippen LogP contribution is 2.21. The second kappa shape index (κ2) is 7.17. The SMILES string of the molecule is CN(CCNS(=O)(=O)c1ccc(NN)nc1)C1CCCC1. The van der Waals surface area contributed by atoms with Crippen LogP contribution < -0.4 is 16.0 Å². The van der Waals surface area contributed by atoms with Crippen molar-refractivity contribution in [1.29, 1.82) is 0 Å². The third-order valence-corrected chi connectivity index (χ3v) is 5.35. The van der Waals surface area contributed by atoms with Gasteiger partial charge in [-0.15, -0.1) is 0 Å². The first-order valence-corrected chi connectivity index (χ1v) is 8.64. The van der Waals surface area contributed by atoms with Gasteiger partial charge in [0.05, 0.1) is 0 Å². The van der Waals surface area contributed by atoms with Crippen LogP contribution in [0.5, 0.6) is 0 Å². The fourth-order valence-corrected chi connectivity index (χ4v) is 3.56. The van der Waals surface area contributed by atoms with Crippen LogP contribution in [0.15, 0.2) is 23.2 Å². The van der Waals surface area contributed by atoms with Gasteiger partial charge in [-0.1, -0.05) is 12.8 Å². The molecule has 0 aromatic carbocycles. The molecule has 0 radical (unpaired) electrons. The van der Waals surface area contributed by atoms with Crippen molar-refractivity contribution in [1.82, 2.24) is 14.6 Å². The number of hydrazine groups is 1. The quantitative estimate of drug-likeness (QED) is 0.501. The summed E-state index contributed by atoms with van der Waals surface area (Å²) in [7, 11) is -1.46. The van der Waals surface area contributed by atoms with Crippen LogP contribution in [0.3, 0.4) is 0 Å². The number of nitrogens with two attached hydrogens (primary N) is 1. The molecule has 21 heavy (non-hydrogen) atoms. The number of nitrogens with one attached hydrogen (secondary N) is 2. The average Bonchev–Trinajstić information content (AvgIpc) is 3.01. The number of rotatable bonds is 7. The normalized spacial score (nSPS) is 16.5. The second-order valence-corrected chi connectivity index (χ2v) is 7.11. The fraction of sp³-hybridized carbons (Fsp3) is 0.615. The first-order valence-electron chi connectivity index (χ1n) is 7.15. The summed E-state index contributed by atoms with van der Waals surface area (Å²) in [5.74, 6) is 5.62. The van der Waals surface area contributed by atoms with Crippen molar-refractivity contribution < 1.29 is 8.42 Å². The number of nitrogens with zero attached hydrogens (tertiary/aromatic N) is 2. The van der Waals surface area contributed by atoms with E-state index in [1.165, 1.54) is 44.0 Å². The zero-order valence-corrected chi connectivity index (χ0v) is 13.1. The highest BCUT2D eigenvalue weighted by molar-refractivity contribution is 7.89. The minimum absolute atomic E-state index is 0.144. The van der Waals surface area contributed by atoms with Crippen LogP contribution in [0.2, 0.25) is 0 Å². The van der Waals surface area contributed by atoms with Gasteiger partial charge in [-0.05, 0) is 32.0 Å². The van der Waals surface area contributed by atoms with Crippen molar-refractivity contribution >= 4 is 15.8 Å². The van der Waals surface area contributed by atoms with Gasteiger partial charge in [0.1, 0.15) is 10.7 Å². The lowest BCUT2D eigenvalue weighted by Gasteiger charge is -2.23. The van der Waals surface area contributed by atoms with Crippen molar-refractivity contribution in [2.24, 2.45) is 5.84 Å². The smallest absolute Gasteiger partial charge is 0.242 e. The lowest BCUT2D eigenvalue weighted by atomic mass is 10.2. The van der Waals surface area contributed by atoms with Gasteiger partial charge in [-0.2, -0.15) is 0 Å². The molecule has 1 aromatic rings. The van der Waals surface area contributed by atoms with Crippen LogP contribution in [0.1, 0.15) is 25.7 Å². The zero-order valence-electron chi connectivity index (χ0n) is 12.2. The molecular formula is C13H23N5O2S. The lowest BCUT2D eigenvalue weighted by Crippen LogP contribution is -2.37. The summed E-state index contributed by atoms with van der Waals surface area (Å²) in [5, 5.41) is 0. The number of pyridine rings is 1. The van der Waals surface area contributed by atoms with E-state index < -0.39 is 10.0 Å². The number of hydrogen-bond donors (Lipinski definition) is 3. The van der Waals surface area contributed by atoms with Gasteiger partial charge < -0.3 is 10.3 Å². The van der Waals surface area contributed by atoms with Crippen LogP contribution in [0, 0.1) is 0 Å². The molecule has 2 rings (SSSR count). The Hall–Kier alpha value is -1.22. The van der Waals surface area contributed by atoms with E-state index in [4.69, 9.17) is 5.84 Å². The maximum absolute atomic E-state index is 12.1. The van der Waals surface area contributed by atoms with Crippen molar-refractivity contribution in [2.45, 2.75) is 36.6 Å². The van der Waals surface area contributed by atoms with E-state index in [9.17, 15) is 8.42 Å². The molecule has 1 heterocycles. The highest BCUT2D eigenvalue weighted by atomic mass is 32.2. The van der Waals surface area contributed by atoms with E-state index in [-0.39, 0.29) is 4.90 Å². The van der Waals surface area contributed by atoms with Crippen molar-refractivity contribution in [3.63, 3.8) is 0 Å². The number of sulfonamides is 1. The molecule has 0 spiro atoms. The molecule has 1 aromatic heterocycles. The standard InChI is InChI=1S/C13H23N5O2S/c1-18(11-4-2-3-5-11)9-8-16-21(19,20)12-6-7-13(17-14)15-10-12/h6-7,10-11,16H,2-5,8-9,14H2,1H3,(H,15,17). The number of hydrogen-bond acceptors (Lipinski definition) is 6. The molecule has 1 fully saturated rings. The van der Waals surface area contributed by atoms with E-state index >= 15 is 0 Å². The van der Waals surface area contributed by atoms with Gasteiger partial charge in [0, 0.05) is 25.3 Å². The summed E-state index contributed by atoms with van der Waals surface area (Å²) >= 11 is 0. The fourth-order valence-electron chi connectivity index (χ4n) is 2.59. The van der Waals surface area contributed by atoms with Gasteiger partial charge in [-0.3, -0.25) is 0 Å². The van der Waals surface area contributed by atoms with Gasteiger partial charge in [0.25, 0.3) is 0 Å². The molecule has 1 aliphatic rings. The van der Waals surface area contributed by atoms with E-state index in [0.29, 0.717) is 24.9 Å². The first kappa shape index (κ1) is 16.2. The highest BCUT2D eigenvalue weighted by Gasteiger charge is 2.20. The Morgan fingerprint density at radius 3 is 2.67 bits per heavy atom. The maximum atomic E-state index is 12.1. The van der Waals surface area contributed by atoms with E-state index in [0.717, 1.165) is 0 Å². The first-order chi connectivity index (χ1) is 10.0. The minimum atomic E-state index is -3.51. The van der Waals surface area contributed by atoms with Crippen molar-refractivity contribution in [3.8, 4) is 0 Å². The summed E-state index contributed by atoms with van der Waals surface area (Å²) in [6.45, 7) is 1.10. The maximum Gasteiger partial charge on any atom is 0.242 e.